The van der Waals surface area contributed by atoms with Crippen LogP contribution in [0.1, 0.15) is 26.5 Å². The first-order chi connectivity index (χ1) is 11.0. The monoisotopic (exact) mass is 326 g/mol. The fraction of sp³-hybridized carbons (Fsp3) is 0.200. The molecule has 0 fully saturated rings. The van der Waals surface area contributed by atoms with E-state index in [-0.39, 0.29) is 29.2 Å². The normalized spacial score (nSPS) is 10.4. The van der Waals surface area contributed by atoms with Crippen molar-refractivity contribution >= 4 is 11.9 Å². The predicted molar refractivity (Wildman–Crippen MR) is 72.2 cm³/mol. The van der Waals surface area contributed by atoms with E-state index in [9.17, 15) is 18.4 Å². The number of carbonyl (C=O) groups is 2. The Morgan fingerprint density at radius 3 is 2.57 bits per heavy atom. The van der Waals surface area contributed by atoms with Crippen molar-refractivity contribution in [3.8, 4) is 5.75 Å². The van der Waals surface area contributed by atoms with Crippen LogP contribution < -0.4 is 4.74 Å². The van der Waals surface area contributed by atoms with Gasteiger partial charge < -0.3 is 18.6 Å². The van der Waals surface area contributed by atoms with Crippen LogP contribution in [0.5, 0.6) is 5.75 Å². The van der Waals surface area contributed by atoms with Crippen LogP contribution in [0.15, 0.2) is 41.0 Å². The Morgan fingerprint density at radius 2 is 1.87 bits per heavy atom. The molecule has 0 spiro atoms. The molecule has 8 heteroatoms. The van der Waals surface area contributed by atoms with Gasteiger partial charge in [0.05, 0.1) is 13.4 Å². The van der Waals surface area contributed by atoms with E-state index in [1.54, 1.807) is 0 Å². The zero-order chi connectivity index (χ0) is 16.8. The minimum atomic E-state index is -3.07. The first-order valence-electron chi connectivity index (χ1n) is 6.38. The molecule has 2 aromatic rings. The molecular weight excluding hydrogens is 314 g/mol. The van der Waals surface area contributed by atoms with Crippen LogP contribution in [0.25, 0.3) is 0 Å². The first-order valence-corrected chi connectivity index (χ1v) is 6.38. The van der Waals surface area contributed by atoms with Gasteiger partial charge in [-0.15, -0.1) is 0 Å². The second-order valence-corrected chi connectivity index (χ2v) is 4.20. The fourth-order valence-corrected chi connectivity index (χ4v) is 1.79. The summed E-state index contributed by atoms with van der Waals surface area (Å²) in [5, 5.41) is 0. The summed E-state index contributed by atoms with van der Waals surface area (Å²) in [4.78, 5) is 23.4. The molecule has 1 heterocycles. The van der Waals surface area contributed by atoms with Crippen LogP contribution in [0.3, 0.4) is 0 Å². The number of ether oxygens (including phenoxy) is 3. The van der Waals surface area contributed by atoms with Crippen LogP contribution in [-0.2, 0) is 16.1 Å². The van der Waals surface area contributed by atoms with Crippen molar-refractivity contribution in [2.45, 2.75) is 13.2 Å². The van der Waals surface area contributed by atoms with E-state index in [2.05, 4.69) is 9.47 Å². The summed E-state index contributed by atoms with van der Waals surface area (Å²) in [5.41, 5.74) is -0.0589. The lowest BCUT2D eigenvalue weighted by molar-refractivity contribution is -0.0505. The molecule has 6 nitrogen and oxygen atoms in total. The van der Waals surface area contributed by atoms with Crippen molar-refractivity contribution in [2.75, 3.05) is 7.11 Å². The summed E-state index contributed by atoms with van der Waals surface area (Å²) in [6.45, 7) is -3.43. The molecule has 0 saturated heterocycles. The van der Waals surface area contributed by atoms with E-state index >= 15 is 0 Å². The lowest BCUT2D eigenvalue weighted by Crippen LogP contribution is -2.11. The number of esters is 2. The zero-order valence-electron chi connectivity index (χ0n) is 12.0. The Hall–Kier alpha value is -2.90. The molecule has 1 aromatic heterocycles. The molecule has 0 atom stereocenters. The van der Waals surface area contributed by atoms with Gasteiger partial charge in [0.15, 0.2) is 12.4 Å². The number of methoxy groups -OCH3 is 1. The standard InChI is InChI=1S/C15H12F2O6/c1-20-13(18)10-6-7-21-12(10)8-22-14(19)9-4-2-3-5-11(9)23-15(16)17/h2-7,15H,8H2,1H3. The molecule has 0 saturated carbocycles. The molecule has 0 amide bonds. The third-order valence-electron chi connectivity index (χ3n) is 2.81. The Balaban J connectivity index is 2.09. The van der Waals surface area contributed by atoms with E-state index in [1.165, 1.54) is 43.7 Å². The summed E-state index contributed by atoms with van der Waals surface area (Å²) < 4.78 is 43.4. The highest BCUT2D eigenvalue weighted by molar-refractivity contribution is 5.93. The largest absolute Gasteiger partial charge is 0.465 e. The molecule has 0 aliphatic heterocycles. The molecule has 23 heavy (non-hydrogen) atoms. The van der Waals surface area contributed by atoms with Crippen LogP contribution in [0.4, 0.5) is 8.78 Å². The Labute approximate surface area is 129 Å². The van der Waals surface area contributed by atoms with Gasteiger partial charge in [0, 0.05) is 0 Å². The average molecular weight is 326 g/mol. The number of rotatable bonds is 6. The predicted octanol–water partition coefficient (Wildman–Crippen LogP) is 3.02. The molecular formula is C15H12F2O6. The number of hydrogen-bond donors (Lipinski definition) is 0. The lowest BCUT2D eigenvalue weighted by atomic mass is 10.2. The number of carbonyl (C=O) groups excluding carboxylic acids is 2. The lowest BCUT2D eigenvalue weighted by Gasteiger charge is -2.10. The van der Waals surface area contributed by atoms with Gasteiger partial charge in [-0.2, -0.15) is 8.78 Å². The van der Waals surface area contributed by atoms with Crippen molar-refractivity contribution in [1.29, 1.82) is 0 Å². The van der Waals surface area contributed by atoms with Crippen molar-refractivity contribution in [1.82, 2.24) is 0 Å². The van der Waals surface area contributed by atoms with Crippen LogP contribution in [0.2, 0.25) is 0 Å². The van der Waals surface area contributed by atoms with Gasteiger partial charge in [0.1, 0.15) is 16.9 Å². The van der Waals surface area contributed by atoms with Gasteiger partial charge in [-0.1, -0.05) is 12.1 Å². The smallest absolute Gasteiger partial charge is 0.387 e. The van der Waals surface area contributed by atoms with Crippen LogP contribution in [-0.4, -0.2) is 25.7 Å². The molecule has 1 aromatic carbocycles. The molecule has 0 aliphatic rings. The summed E-state index contributed by atoms with van der Waals surface area (Å²) in [7, 11) is 1.20. The quantitative estimate of drug-likeness (QED) is 0.760. The summed E-state index contributed by atoms with van der Waals surface area (Å²) in [5.74, 6) is -1.77. The maximum absolute atomic E-state index is 12.3. The van der Waals surface area contributed by atoms with E-state index in [1.807, 2.05) is 0 Å². The Morgan fingerprint density at radius 1 is 1.13 bits per heavy atom. The van der Waals surface area contributed by atoms with E-state index in [0.717, 1.165) is 0 Å². The number of para-hydroxylation sites is 1. The SMILES string of the molecule is COC(=O)c1ccoc1COC(=O)c1ccccc1OC(F)F. The number of alkyl halides is 2. The maximum Gasteiger partial charge on any atom is 0.387 e. The van der Waals surface area contributed by atoms with Crippen molar-refractivity contribution in [3.63, 3.8) is 0 Å². The summed E-state index contributed by atoms with van der Waals surface area (Å²) in [6.07, 6.45) is 1.24. The minimum Gasteiger partial charge on any atom is -0.465 e. The Bertz CT molecular complexity index is 695. The second-order valence-electron chi connectivity index (χ2n) is 4.20. The fourth-order valence-electron chi connectivity index (χ4n) is 1.79. The molecule has 0 aliphatic carbocycles. The van der Waals surface area contributed by atoms with Gasteiger partial charge in [-0.3, -0.25) is 0 Å². The maximum atomic E-state index is 12.3. The van der Waals surface area contributed by atoms with Crippen LogP contribution in [0, 0.1) is 0 Å². The van der Waals surface area contributed by atoms with Gasteiger partial charge in [0.25, 0.3) is 0 Å². The molecule has 0 bridgehead atoms. The summed E-state index contributed by atoms with van der Waals surface area (Å²) >= 11 is 0. The molecule has 0 radical (unpaired) electrons. The van der Waals surface area contributed by atoms with Crippen molar-refractivity contribution in [3.05, 3.63) is 53.5 Å². The van der Waals surface area contributed by atoms with Gasteiger partial charge in [-0.05, 0) is 18.2 Å². The third kappa shape index (κ3) is 4.06. The number of halogens is 2. The average Bonchev–Trinajstić information content (AvgIpc) is 3.00. The van der Waals surface area contributed by atoms with E-state index in [4.69, 9.17) is 9.15 Å². The highest BCUT2D eigenvalue weighted by Crippen LogP contribution is 2.22. The van der Waals surface area contributed by atoms with Crippen molar-refractivity contribution < 1.29 is 37.0 Å². The van der Waals surface area contributed by atoms with Crippen molar-refractivity contribution in [2.24, 2.45) is 0 Å². The van der Waals surface area contributed by atoms with E-state index < -0.39 is 18.6 Å². The van der Waals surface area contributed by atoms with E-state index in [0.29, 0.717) is 0 Å². The molecule has 2 rings (SSSR count). The number of furan rings is 1. The highest BCUT2D eigenvalue weighted by Gasteiger charge is 2.20. The van der Waals surface area contributed by atoms with Gasteiger partial charge in [-0.25, -0.2) is 9.59 Å². The summed E-state index contributed by atoms with van der Waals surface area (Å²) in [6, 6.07) is 6.78. The number of benzene rings is 1. The van der Waals surface area contributed by atoms with Gasteiger partial charge >= 0.3 is 18.6 Å². The van der Waals surface area contributed by atoms with Gasteiger partial charge in [0.2, 0.25) is 0 Å². The molecule has 0 N–H and O–H groups in total. The molecule has 122 valence electrons. The first kappa shape index (κ1) is 16.5. The minimum absolute atomic E-state index is 0.0810. The Kier molecular flexibility index (Phi) is 5.29. The third-order valence-corrected chi connectivity index (χ3v) is 2.81. The highest BCUT2D eigenvalue weighted by atomic mass is 19.3. The number of hydrogen-bond acceptors (Lipinski definition) is 6. The molecule has 0 unspecified atom stereocenters. The second kappa shape index (κ2) is 7.39. The zero-order valence-corrected chi connectivity index (χ0v) is 12.0. The topological polar surface area (TPSA) is 75.0 Å². The van der Waals surface area contributed by atoms with Crippen LogP contribution >= 0.6 is 0 Å².